The molecule has 2 heterocycles. The molecule has 1 fully saturated rings. The standard InChI is InChI=1S/C24H34ClN7O2/c1-12(2)18-19-20(32(31-18)13(3)4)23(27-11-14-5-10-17(25)22(34)21(14)33)30-24(29-19)28-16-8-6-15(26)7-9-16/h5,10,12-13,15-16,33-34H,6-9,11,26H2,1-4H3,(H2,27,28,29,30). The van der Waals surface area contributed by atoms with E-state index < -0.39 is 0 Å². The normalized spacial score (nSPS) is 18.7. The summed E-state index contributed by atoms with van der Waals surface area (Å²) in [6, 6.07) is 3.86. The molecule has 1 aromatic carbocycles. The maximum Gasteiger partial charge on any atom is 0.225 e. The van der Waals surface area contributed by atoms with Crippen molar-refractivity contribution in [3.63, 3.8) is 0 Å². The molecule has 3 aromatic rings. The number of phenolic OH excluding ortho intramolecular Hbond substituents is 2. The number of benzene rings is 1. The first kappa shape index (κ1) is 24.3. The molecule has 0 atom stereocenters. The quantitative estimate of drug-likeness (QED) is 0.297. The third-order valence-electron chi connectivity index (χ3n) is 6.34. The SMILES string of the molecule is CC(C)c1nn(C(C)C)c2c(NCc3ccc(Cl)c(O)c3O)nc(NC3CCC(N)CC3)nc12. The molecule has 0 saturated heterocycles. The van der Waals surface area contributed by atoms with Crippen LogP contribution in [0.2, 0.25) is 5.02 Å². The summed E-state index contributed by atoms with van der Waals surface area (Å²) in [5.74, 6) is 0.761. The highest BCUT2D eigenvalue weighted by molar-refractivity contribution is 6.32. The molecule has 10 heteroatoms. The van der Waals surface area contributed by atoms with Crippen LogP contribution in [-0.4, -0.2) is 42.0 Å². The first-order valence-corrected chi connectivity index (χ1v) is 12.3. The monoisotopic (exact) mass is 487 g/mol. The number of hydrogen-bond donors (Lipinski definition) is 5. The van der Waals surface area contributed by atoms with E-state index in [0.717, 1.165) is 42.4 Å². The predicted octanol–water partition coefficient (Wildman–Crippen LogP) is 4.89. The van der Waals surface area contributed by atoms with E-state index in [-0.39, 0.29) is 47.1 Å². The van der Waals surface area contributed by atoms with E-state index in [1.54, 1.807) is 12.1 Å². The van der Waals surface area contributed by atoms with E-state index in [9.17, 15) is 10.2 Å². The Kier molecular flexibility index (Phi) is 7.04. The Hall–Kier alpha value is -2.78. The van der Waals surface area contributed by atoms with Crippen molar-refractivity contribution in [1.29, 1.82) is 0 Å². The van der Waals surface area contributed by atoms with Crippen molar-refractivity contribution in [3.8, 4) is 11.5 Å². The zero-order valence-corrected chi connectivity index (χ0v) is 20.9. The van der Waals surface area contributed by atoms with Crippen LogP contribution in [0.15, 0.2) is 12.1 Å². The Balaban J connectivity index is 1.75. The maximum absolute atomic E-state index is 10.3. The van der Waals surface area contributed by atoms with Gasteiger partial charge in [-0.2, -0.15) is 10.1 Å². The van der Waals surface area contributed by atoms with Gasteiger partial charge in [-0.25, -0.2) is 4.98 Å². The van der Waals surface area contributed by atoms with Crippen LogP contribution in [0.1, 0.15) is 76.6 Å². The average Bonchev–Trinajstić information content (AvgIpc) is 3.19. The fraction of sp³-hybridized carbons (Fsp3) is 0.542. The minimum atomic E-state index is -0.332. The number of rotatable bonds is 7. The lowest BCUT2D eigenvalue weighted by Crippen LogP contribution is -2.33. The number of hydrogen-bond acceptors (Lipinski definition) is 8. The third-order valence-corrected chi connectivity index (χ3v) is 6.65. The molecule has 0 spiro atoms. The molecule has 0 unspecified atom stereocenters. The van der Waals surface area contributed by atoms with Gasteiger partial charge in [0.1, 0.15) is 11.0 Å². The van der Waals surface area contributed by atoms with E-state index in [4.69, 9.17) is 32.4 Å². The molecular weight excluding hydrogens is 454 g/mol. The highest BCUT2D eigenvalue weighted by atomic mass is 35.5. The lowest BCUT2D eigenvalue weighted by Gasteiger charge is -2.27. The molecule has 0 radical (unpaired) electrons. The van der Waals surface area contributed by atoms with Gasteiger partial charge in [-0.1, -0.05) is 31.5 Å². The Morgan fingerprint density at radius 1 is 1.09 bits per heavy atom. The summed E-state index contributed by atoms with van der Waals surface area (Å²) >= 11 is 5.91. The maximum atomic E-state index is 10.3. The molecule has 0 bridgehead atoms. The van der Waals surface area contributed by atoms with Crippen LogP contribution in [0.3, 0.4) is 0 Å². The van der Waals surface area contributed by atoms with Crippen molar-refractivity contribution in [2.45, 2.75) is 84.0 Å². The number of fused-ring (bicyclic) bond motifs is 1. The smallest absolute Gasteiger partial charge is 0.225 e. The van der Waals surface area contributed by atoms with Crippen molar-refractivity contribution < 1.29 is 10.2 Å². The number of nitrogens with one attached hydrogen (secondary N) is 2. The van der Waals surface area contributed by atoms with Crippen LogP contribution >= 0.6 is 11.6 Å². The minimum absolute atomic E-state index is 0.101. The fourth-order valence-corrected chi connectivity index (χ4v) is 4.53. The zero-order valence-electron chi connectivity index (χ0n) is 20.1. The van der Waals surface area contributed by atoms with Crippen LogP contribution in [-0.2, 0) is 6.54 Å². The van der Waals surface area contributed by atoms with Crippen LogP contribution < -0.4 is 16.4 Å². The van der Waals surface area contributed by atoms with Crippen molar-refractivity contribution in [3.05, 3.63) is 28.4 Å². The molecular formula is C24H34ClN7O2. The number of aromatic nitrogens is 4. The largest absolute Gasteiger partial charge is 0.504 e. The van der Waals surface area contributed by atoms with Gasteiger partial charge in [0.25, 0.3) is 0 Å². The van der Waals surface area contributed by atoms with E-state index in [2.05, 4.69) is 38.3 Å². The average molecular weight is 488 g/mol. The van der Waals surface area contributed by atoms with Gasteiger partial charge < -0.3 is 26.6 Å². The van der Waals surface area contributed by atoms with Crippen molar-refractivity contribution in [2.75, 3.05) is 10.6 Å². The fourth-order valence-electron chi connectivity index (χ4n) is 4.38. The summed E-state index contributed by atoms with van der Waals surface area (Å²) < 4.78 is 1.94. The first-order chi connectivity index (χ1) is 16.2. The summed E-state index contributed by atoms with van der Waals surface area (Å²) in [5, 5.41) is 32.2. The molecule has 9 nitrogen and oxygen atoms in total. The Morgan fingerprint density at radius 3 is 2.44 bits per heavy atom. The molecule has 1 aliphatic carbocycles. The van der Waals surface area contributed by atoms with Crippen LogP contribution in [0.4, 0.5) is 11.8 Å². The van der Waals surface area contributed by atoms with Crippen LogP contribution in [0.5, 0.6) is 11.5 Å². The van der Waals surface area contributed by atoms with Crippen molar-refractivity contribution >= 4 is 34.4 Å². The summed E-state index contributed by atoms with van der Waals surface area (Å²) in [7, 11) is 0. The van der Waals surface area contributed by atoms with Gasteiger partial charge >= 0.3 is 0 Å². The number of nitrogens with zero attached hydrogens (tertiary/aromatic N) is 4. The van der Waals surface area contributed by atoms with Gasteiger partial charge in [-0.15, -0.1) is 0 Å². The number of phenols is 2. The zero-order chi connectivity index (χ0) is 24.6. The predicted molar refractivity (Wildman–Crippen MR) is 136 cm³/mol. The number of nitrogens with two attached hydrogens (primary N) is 1. The van der Waals surface area contributed by atoms with Gasteiger partial charge in [-0.05, 0) is 51.5 Å². The molecule has 184 valence electrons. The number of aromatic hydroxyl groups is 2. The highest BCUT2D eigenvalue weighted by Crippen LogP contribution is 2.37. The highest BCUT2D eigenvalue weighted by Gasteiger charge is 2.24. The number of halogens is 1. The second-order valence-corrected chi connectivity index (χ2v) is 10.1. The summed E-state index contributed by atoms with van der Waals surface area (Å²) in [6.07, 6.45) is 3.91. The lowest BCUT2D eigenvalue weighted by molar-refractivity contribution is 0.400. The molecule has 1 aliphatic rings. The van der Waals surface area contributed by atoms with Gasteiger partial charge in [0.05, 0.1) is 10.7 Å². The van der Waals surface area contributed by atoms with Gasteiger partial charge in [0.15, 0.2) is 17.3 Å². The van der Waals surface area contributed by atoms with Crippen molar-refractivity contribution in [2.24, 2.45) is 5.73 Å². The van der Waals surface area contributed by atoms with Gasteiger partial charge in [-0.3, -0.25) is 4.68 Å². The van der Waals surface area contributed by atoms with E-state index in [0.29, 0.717) is 17.3 Å². The minimum Gasteiger partial charge on any atom is -0.504 e. The molecule has 0 aliphatic heterocycles. The van der Waals surface area contributed by atoms with E-state index >= 15 is 0 Å². The Labute approximate surface area is 204 Å². The van der Waals surface area contributed by atoms with Crippen LogP contribution in [0, 0.1) is 0 Å². The second-order valence-electron chi connectivity index (χ2n) is 9.68. The van der Waals surface area contributed by atoms with E-state index in [1.165, 1.54) is 0 Å². The molecule has 34 heavy (non-hydrogen) atoms. The van der Waals surface area contributed by atoms with E-state index in [1.807, 2.05) is 4.68 Å². The molecule has 4 rings (SSSR count). The first-order valence-electron chi connectivity index (χ1n) is 11.9. The molecule has 0 amide bonds. The van der Waals surface area contributed by atoms with Crippen LogP contribution in [0.25, 0.3) is 11.0 Å². The third kappa shape index (κ3) is 4.86. The number of anilines is 2. The summed E-state index contributed by atoms with van der Waals surface area (Å²) in [4.78, 5) is 9.71. The molecule has 1 saturated carbocycles. The van der Waals surface area contributed by atoms with Crippen molar-refractivity contribution in [1.82, 2.24) is 19.7 Å². The Bertz CT molecular complexity index is 1170. The molecule has 2 aromatic heterocycles. The summed E-state index contributed by atoms with van der Waals surface area (Å²) in [6.45, 7) is 8.58. The van der Waals surface area contributed by atoms with Gasteiger partial charge in [0.2, 0.25) is 5.95 Å². The van der Waals surface area contributed by atoms with Gasteiger partial charge in [0, 0.05) is 30.2 Å². The lowest BCUT2D eigenvalue weighted by atomic mass is 9.92. The summed E-state index contributed by atoms with van der Waals surface area (Å²) in [5.41, 5.74) is 9.11. The Morgan fingerprint density at radius 2 is 1.79 bits per heavy atom. The second kappa shape index (κ2) is 9.84. The molecule has 6 N–H and O–H groups in total. The topological polar surface area (TPSA) is 134 Å².